The maximum atomic E-state index is 13.6. The number of aromatic amines is 1. The molecule has 0 atom stereocenters. The number of amides is 1. The Hall–Kier alpha value is -2.51. The fourth-order valence-corrected chi connectivity index (χ4v) is 6.85. The van der Waals surface area contributed by atoms with Crippen LogP contribution < -0.4 is 15.8 Å². The highest BCUT2D eigenvalue weighted by atomic mass is 32.2. The van der Waals surface area contributed by atoms with Crippen molar-refractivity contribution >= 4 is 28.3 Å². The quantitative estimate of drug-likeness (QED) is 0.485. The predicted octanol–water partition coefficient (Wildman–Crippen LogP) is 5.41. The molecule has 200 valence electrons. The fourth-order valence-electron chi connectivity index (χ4n) is 5.87. The summed E-state index contributed by atoms with van der Waals surface area (Å²) in [6.45, 7) is 9.20. The normalized spacial score (nSPS) is 19.7. The Morgan fingerprint density at radius 2 is 1.78 bits per heavy atom. The number of nitrogens with zero attached hydrogens (tertiary/aromatic N) is 2. The molecule has 37 heavy (non-hydrogen) atoms. The third-order valence-corrected chi connectivity index (χ3v) is 9.17. The lowest BCUT2D eigenvalue weighted by atomic mass is 9.88. The van der Waals surface area contributed by atoms with Gasteiger partial charge in [-0.2, -0.15) is 0 Å². The molecule has 1 saturated carbocycles. The van der Waals surface area contributed by atoms with Crippen molar-refractivity contribution in [3.8, 4) is 0 Å². The molecule has 4 rings (SSSR count). The van der Waals surface area contributed by atoms with Gasteiger partial charge in [-0.15, -0.1) is 11.8 Å². The predicted molar refractivity (Wildman–Crippen MR) is 157 cm³/mol. The number of aromatic nitrogens is 1. The van der Waals surface area contributed by atoms with E-state index in [0.29, 0.717) is 23.2 Å². The first-order valence-electron chi connectivity index (χ1n) is 13.6. The monoisotopic (exact) mass is 522 g/mol. The summed E-state index contributed by atoms with van der Waals surface area (Å²) in [6.07, 6.45) is 8.07. The van der Waals surface area contributed by atoms with Crippen LogP contribution >= 0.6 is 11.8 Å². The number of aryl methyl sites for hydroxylation is 2. The molecule has 1 aliphatic carbocycles. The zero-order valence-corrected chi connectivity index (χ0v) is 24.1. The Kier molecular flexibility index (Phi) is 8.86. The van der Waals surface area contributed by atoms with E-state index in [-0.39, 0.29) is 18.0 Å². The highest BCUT2D eigenvalue weighted by Crippen LogP contribution is 2.39. The van der Waals surface area contributed by atoms with Gasteiger partial charge in [0.15, 0.2) is 0 Å². The lowest BCUT2D eigenvalue weighted by Gasteiger charge is -2.40. The van der Waals surface area contributed by atoms with Crippen LogP contribution in [0.15, 0.2) is 29.1 Å². The Balaban J connectivity index is 1.65. The standard InChI is InChI=1S/C30H42N4O2S/c1-7-34(24-12-10-23(11-13-24)33(5)6)27-17-22(28-9-8-14-37-28)16-25(21(27)4)29(35)31-18-26-19(2)15-20(3)32-30(26)36/h9,15-17,23-24H,7-8,10-14,18H2,1-6H3,(H,31,35)(H,32,36). The van der Waals surface area contributed by atoms with Crippen molar-refractivity contribution in [2.24, 2.45) is 0 Å². The number of allylic oxidation sites excluding steroid dienone is 1. The number of thioether (sulfide) groups is 1. The molecule has 6 nitrogen and oxygen atoms in total. The molecule has 1 fully saturated rings. The fraction of sp³-hybridized carbons (Fsp3) is 0.533. The van der Waals surface area contributed by atoms with Crippen LogP contribution in [0.3, 0.4) is 0 Å². The third-order valence-electron chi connectivity index (χ3n) is 8.02. The van der Waals surface area contributed by atoms with Crippen LogP contribution in [0, 0.1) is 20.8 Å². The van der Waals surface area contributed by atoms with Crippen molar-refractivity contribution in [2.75, 3.05) is 31.3 Å². The van der Waals surface area contributed by atoms with Crippen molar-refractivity contribution in [1.29, 1.82) is 0 Å². The molecule has 0 saturated heterocycles. The number of nitrogens with one attached hydrogen (secondary N) is 2. The molecule has 2 aliphatic rings. The minimum atomic E-state index is -0.137. The Bertz CT molecular complexity index is 1220. The van der Waals surface area contributed by atoms with E-state index in [1.165, 1.54) is 17.7 Å². The van der Waals surface area contributed by atoms with Gasteiger partial charge in [0.05, 0.1) is 0 Å². The highest BCUT2D eigenvalue weighted by Gasteiger charge is 2.29. The number of pyridine rings is 1. The number of carbonyl (C=O) groups is 1. The molecular formula is C30H42N4O2S. The first kappa shape index (κ1) is 27.5. The van der Waals surface area contributed by atoms with Crippen LogP contribution in [0.2, 0.25) is 0 Å². The number of anilines is 1. The molecule has 0 spiro atoms. The van der Waals surface area contributed by atoms with E-state index in [1.54, 1.807) is 0 Å². The van der Waals surface area contributed by atoms with Gasteiger partial charge in [0, 0.05) is 58.3 Å². The van der Waals surface area contributed by atoms with Crippen molar-refractivity contribution < 1.29 is 4.79 Å². The van der Waals surface area contributed by atoms with Crippen LogP contribution in [-0.2, 0) is 6.54 Å². The second kappa shape index (κ2) is 11.9. The molecule has 1 aromatic carbocycles. The van der Waals surface area contributed by atoms with Gasteiger partial charge < -0.3 is 20.1 Å². The summed E-state index contributed by atoms with van der Waals surface area (Å²) in [4.78, 5) is 35.1. The Morgan fingerprint density at radius 3 is 2.38 bits per heavy atom. The second-order valence-electron chi connectivity index (χ2n) is 10.7. The summed E-state index contributed by atoms with van der Waals surface area (Å²) in [6, 6.07) is 7.41. The van der Waals surface area contributed by atoms with Gasteiger partial charge in [0.2, 0.25) is 0 Å². The molecule has 0 bridgehead atoms. The number of rotatable bonds is 8. The zero-order valence-electron chi connectivity index (χ0n) is 23.2. The number of carbonyl (C=O) groups excluding carboxylic acids is 1. The summed E-state index contributed by atoms with van der Waals surface area (Å²) < 4.78 is 0. The molecule has 1 amide bonds. The third kappa shape index (κ3) is 6.15. The molecule has 0 unspecified atom stereocenters. The molecule has 2 aromatic rings. The van der Waals surface area contributed by atoms with Gasteiger partial charge in [-0.3, -0.25) is 9.59 Å². The van der Waals surface area contributed by atoms with Crippen molar-refractivity contribution in [1.82, 2.24) is 15.2 Å². The molecule has 0 radical (unpaired) electrons. The average Bonchev–Trinajstić information content (AvgIpc) is 3.40. The van der Waals surface area contributed by atoms with Crippen molar-refractivity contribution in [3.05, 3.63) is 68.1 Å². The van der Waals surface area contributed by atoms with Crippen molar-refractivity contribution in [3.63, 3.8) is 0 Å². The number of benzene rings is 1. The minimum Gasteiger partial charge on any atom is -0.369 e. The van der Waals surface area contributed by atoms with Gasteiger partial charge in [-0.05, 0) is 109 Å². The maximum absolute atomic E-state index is 13.6. The van der Waals surface area contributed by atoms with E-state index in [2.05, 4.69) is 60.2 Å². The largest absolute Gasteiger partial charge is 0.369 e. The lowest BCUT2D eigenvalue weighted by Crippen LogP contribution is -2.42. The van der Waals surface area contributed by atoms with Crippen LogP contribution in [0.25, 0.3) is 4.91 Å². The van der Waals surface area contributed by atoms with E-state index >= 15 is 0 Å². The highest BCUT2D eigenvalue weighted by molar-refractivity contribution is 8.08. The van der Waals surface area contributed by atoms with Gasteiger partial charge in [0.1, 0.15) is 0 Å². The first-order chi connectivity index (χ1) is 17.7. The van der Waals surface area contributed by atoms with Gasteiger partial charge in [-0.1, -0.05) is 6.08 Å². The number of H-pyrrole nitrogens is 1. The average molecular weight is 523 g/mol. The van der Waals surface area contributed by atoms with Gasteiger partial charge in [-0.25, -0.2) is 0 Å². The van der Waals surface area contributed by atoms with Crippen LogP contribution in [-0.4, -0.2) is 54.3 Å². The van der Waals surface area contributed by atoms with Crippen LogP contribution in [0.4, 0.5) is 5.69 Å². The van der Waals surface area contributed by atoms with E-state index in [1.807, 2.05) is 37.7 Å². The van der Waals surface area contributed by atoms with E-state index in [4.69, 9.17) is 0 Å². The summed E-state index contributed by atoms with van der Waals surface area (Å²) in [5.74, 6) is 0.956. The first-order valence-corrected chi connectivity index (χ1v) is 14.6. The van der Waals surface area contributed by atoms with E-state index < -0.39 is 0 Å². The number of hydrogen-bond donors (Lipinski definition) is 2. The maximum Gasteiger partial charge on any atom is 0.253 e. The smallest absolute Gasteiger partial charge is 0.253 e. The molecule has 2 heterocycles. The summed E-state index contributed by atoms with van der Waals surface area (Å²) in [5, 5.41) is 3.05. The van der Waals surface area contributed by atoms with Gasteiger partial charge >= 0.3 is 0 Å². The topological polar surface area (TPSA) is 68.4 Å². The molecule has 1 aliphatic heterocycles. The van der Waals surface area contributed by atoms with E-state index in [0.717, 1.165) is 59.6 Å². The molecule has 2 N–H and O–H groups in total. The summed E-state index contributed by atoms with van der Waals surface area (Å²) >= 11 is 1.86. The van der Waals surface area contributed by atoms with Crippen LogP contribution in [0.5, 0.6) is 0 Å². The molecule has 1 aromatic heterocycles. The second-order valence-corrected chi connectivity index (χ2v) is 11.8. The summed E-state index contributed by atoms with van der Waals surface area (Å²) in [7, 11) is 4.36. The Labute approximate surface area is 225 Å². The van der Waals surface area contributed by atoms with Gasteiger partial charge in [0.25, 0.3) is 11.5 Å². The SMILES string of the molecule is CCN(c1cc(C2=CCCS2)cc(C(=O)NCc2c(C)cc(C)[nH]c2=O)c1C)C1CCC(N(C)C)CC1. The summed E-state index contributed by atoms with van der Waals surface area (Å²) in [5.41, 5.74) is 6.18. The Morgan fingerprint density at radius 1 is 1.08 bits per heavy atom. The zero-order chi connectivity index (χ0) is 26.7. The number of hydrogen-bond acceptors (Lipinski definition) is 5. The minimum absolute atomic E-state index is 0.129. The lowest BCUT2D eigenvalue weighted by molar-refractivity contribution is 0.0950. The van der Waals surface area contributed by atoms with Crippen molar-refractivity contribution in [2.45, 2.75) is 78.4 Å². The molecular weight excluding hydrogens is 480 g/mol. The van der Waals surface area contributed by atoms with E-state index in [9.17, 15) is 9.59 Å². The molecule has 7 heteroatoms. The van der Waals surface area contributed by atoms with Crippen LogP contribution in [0.1, 0.15) is 77.3 Å².